The molecule has 144 valence electrons. The highest BCUT2D eigenvalue weighted by molar-refractivity contribution is 7.09. The summed E-state index contributed by atoms with van der Waals surface area (Å²) in [4.78, 5) is 18.1. The van der Waals surface area contributed by atoms with Crippen LogP contribution in [0.1, 0.15) is 23.3 Å². The summed E-state index contributed by atoms with van der Waals surface area (Å²) in [6.07, 6.45) is 4.69. The molecule has 2 aliphatic rings. The van der Waals surface area contributed by atoms with Crippen molar-refractivity contribution in [1.29, 1.82) is 0 Å². The Kier molecular flexibility index (Phi) is 6.10. The highest BCUT2D eigenvalue weighted by Gasteiger charge is 2.36. The van der Waals surface area contributed by atoms with E-state index in [9.17, 15) is 4.79 Å². The minimum atomic E-state index is 0.0989. The Morgan fingerprint density at radius 2 is 1.85 bits per heavy atom. The Morgan fingerprint density at radius 3 is 2.56 bits per heavy atom. The van der Waals surface area contributed by atoms with E-state index in [1.165, 1.54) is 42.8 Å². The monoisotopic (exact) mass is 383 g/mol. The minimum absolute atomic E-state index is 0.0989. The van der Waals surface area contributed by atoms with Crippen LogP contribution in [0, 0.1) is 5.92 Å². The summed E-state index contributed by atoms with van der Waals surface area (Å²) in [6, 6.07) is 15.7. The molecule has 4 rings (SSSR count). The van der Waals surface area contributed by atoms with Gasteiger partial charge in [-0.15, -0.1) is 11.3 Å². The summed E-state index contributed by atoms with van der Waals surface area (Å²) in [5.41, 5.74) is 1.46. The third-order valence-electron chi connectivity index (χ3n) is 5.91. The van der Waals surface area contributed by atoms with Crippen LogP contribution in [0.15, 0.2) is 47.8 Å². The van der Waals surface area contributed by atoms with E-state index in [1.54, 1.807) is 11.3 Å². The first-order chi connectivity index (χ1) is 13.3. The van der Waals surface area contributed by atoms with Gasteiger partial charge in [0.25, 0.3) is 0 Å². The number of amides is 2. The van der Waals surface area contributed by atoms with Crippen molar-refractivity contribution in [2.45, 2.75) is 31.7 Å². The number of benzene rings is 1. The molecule has 4 nitrogen and oxygen atoms in total. The van der Waals surface area contributed by atoms with Crippen molar-refractivity contribution in [3.05, 3.63) is 58.3 Å². The standard InChI is InChI=1S/C22H29N3OS/c26-22(23-11-8-21-7-4-14-27-21)25-16-20(17-25)24-12-9-19(10-13-24)15-18-5-2-1-3-6-18/h1-7,14,19-20H,8-13,15-17H2,(H,23,26). The second kappa shape index (κ2) is 8.89. The molecule has 2 fully saturated rings. The summed E-state index contributed by atoms with van der Waals surface area (Å²) in [5.74, 6) is 0.806. The molecule has 0 bridgehead atoms. The largest absolute Gasteiger partial charge is 0.338 e. The summed E-state index contributed by atoms with van der Waals surface area (Å²) in [5, 5.41) is 5.14. The molecule has 0 aliphatic carbocycles. The summed E-state index contributed by atoms with van der Waals surface area (Å²) in [6.45, 7) is 4.85. The maximum atomic E-state index is 12.2. The average Bonchev–Trinajstić information content (AvgIpc) is 3.16. The van der Waals surface area contributed by atoms with Crippen LogP contribution in [-0.2, 0) is 12.8 Å². The first kappa shape index (κ1) is 18.5. The molecule has 1 aromatic carbocycles. The van der Waals surface area contributed by atoms with Gasteiger partial charge in [0.2, 0.25) is 0 Å². The lowest BCUT2D eigenvalue weighted by Gasteiger charge is -2.47. The fourth-order valence-corrected chi connectivity index (χ4v) is 4.89. The number of thiophene rings is 1. The molecule has 5 heteroatoms. The molecule has 2 aromatic rings. The van der Waals surface area contributed by atoms with Gasteiger partial charge in [-0.25, -0.2) is 4.79 Å². The van der Waals surface area contributed by atoms with E-state index in [-0.39, 0.29) is 6.03 Å². The molecule has 2 saturated heterocycles. The van der Waals surface area contributed by atoms with Crippen LogP contribution in [-0.4, -0.2) is 54.6 Å². The van der Waals surface area contributed by atoms with E-state index in [4.69, 9.17) is 0 Å². The van der Waals surface area contributed by atoms with Crippen molar-refractivity contribution in [2.75, 3.05) is 32.7 Å². The number of carbonyl (C=O) groups is 1. The van der Waals surface area contributed by atoms with Crippen LogP contribution >= 0.6 is 11.3 Å². The van der Waals surface area contributed by atoms with E-state index in [1.807, 2.05) is 4.90 Å². The van der Waals surface area contributed by atoms with Crippen LogP contribution in [0.2, 0.25) is 0 Å². The number of likely N-dealkylation sites (tertiary alicyclic amines) is 2. The maximum Gasteiger partial charge on any atom is 0.317 e. The number of rotatable bonds is 6. The first-order valence-corrected chi connectivity index (χ1v) is 11.0. The molecule has 2 aliphatic heterocycles. The molecule has 0 atom stereocenters. The Labute approximate surface area is 166 Å². The number of urea groups is 1. The van der Waals surface area contributed by atoms with Crippen molar-refractivity contribution in [3.63, 3.8) is 0 Å². The number of hydrogen-bond donors (Lipinski definition) is 1. The normalized spacial score (nSPS) is 19.0. The van der Waals surface area contributed by atoms with Crippen molar-refractivity contribution < 1.29 is 4.79 Å². The molecule has 2 amide bonds. The van der Waals surface area contributed by atoms with Crippen molar-refractivity contribution >= 4 is 17.4 Å². The van der Waals surface area contributed by atoms with E-state index < -0.39 is 0 Å². The number of nitrogens with one attached hydrogen (secondary N) is 1. The van der Waals surface area contributed by atoms with Crippen LogP contribution < -0.4 is 5.32 Å². The van der Waals surface area contributed by atoms with Gasteiger partial charge in [0.05, 0.1) is 0 Å². The van der Waals surface area contributed by atoms with Crippen LogP contribution in [0.3, 0.4) is 0 Å². The zero-order valence-corrected chi connectivity index (χ0v) is 16.7. The molecular weight excluding hydrogens is 354 g/mol. The van der Waals surface area contributed by atoms with Gasteiger partial charge in [-0.2, -0.15) is 0 Å². The average molecular weight is 384 g/mol. The topological polar surface area (TPSA) is 35.6 Å². The molecule has 0 radical (unpaired) electrons. The lowest BCUT2D eigenvalue weighted by molar-refractivity contribution is 0.0348. The van der Waals surface area contributed by atoms with E-state index in [0.717, 1.165) is 32.0 Å². The maximum absolute atomic E-state index is 12.2. The van der Waals surface area contributed by atoms with Gasteiger partial charge < -0.3 is 10.2 Å². The summed E-state index contributed by atoms with van der Waals surface area (Å²) < 4.78 is 0. The third-order valence-corrected chi connectivity index (χ3v) is 6.85. The third kappa shape index (κ3) is 4.90. The smallest absolute Gasteiger partial charge is 0.317 e. The molecule has 0 unspecified atom stereocenters. The highest BCUT2D eigenvalue weighted by atomic mass is 32.1. The molecular formula is C22H29N3OS. The van der Waals surface area contributed by atoms with Gasteiger partial charge in [-0.1, -0.05) is 36.4 Å². The molecule has 1 aromatic heterocycles. The predicted octanol–water partition coefficient (Wildman–Crippen LogP) is 3.64. The highest BCUT2D eigenvalue weighted by Crippen LogP contribution is 2.25. The second-order valence-electron chi connectivity index (χ2n) is 7.79. The first-order valence-electron chi connectivity index (χ1n) is 10.1. The van der Waals surface area contributed by atoms with Crippen molar-refractivity contribution in [3.8, 4) is 0 Å². The fraction of sp³-hybridized carbons (Fsp3) is 0.500. The Hall–Kier alpha value is -1.85. The quantitative estimate of drug-likeness (QED) is 0.827. The van der Waals surface area contributed by atoms with Gasteiger partial charge in [0, 0.05) is 30.6 Å². The van der Waals surface area contributed by atoms with E-state index >= 15 is 0 Å². The van der Waals surface area contributed by atoms with E-state index in [2.05, 4.69) is 58.1 Å². The van der Waals surface area contributed by atoms with Crippen LogP contribution in [0.5, 0.6) is 0 Å². The number of piperidine rings is 1. The zero-order chi connectivity index (χ0) is 18.5. The molecule has 0 saturated carbocycles. The van der Waals surface area contributed by atoms with E-state index in [0.29, 0.717) is 6.04 Å². The number of hydrogen-bond acceptors (Lipinski definition) is 3. The predicted molar refractivity (Wildman–Crippen MR) is 111 cm³/mol. The fourth-order valence-electron chi connectivity index (χ4n) is 4.18. The van der Waals surface area contributed by atoms with Crippen molar-refractivity contribution in [1.82, 2.24) is 15.1 Å². The van der Waals surface area contributed by atoms with Crippen molar-refractivity contribution in [2.24, 2.45) is 5.92 Å². The SMILES string of the molecule is O=C(NCCc1cccs1)N1CC(N2CCC(Cc3ccccc3)CC2)C1. The van der Waals surface area contributed by atoms with Crippen LogP contribution in [0.4, 0.5) is 4.79 Å². The molecule has 3 heterocycles. The lowest BCUT2D eigenvalue weighted by atomic mass is 9.89. The Morgan fingerprint density at radius 1 is 1.07 bits per heavy atom. The number of nitrogens with zero attached hydrogens (tertiary/aromatic N) is 2. The minimum Gasteiger partial charge on any atom is -0.338 e. The van der Waals surface area contributed by atoms with Gasteiger partial charge in [-0.05, 0) is 61.7 Å². The van der Waals surface area contributed by atoms with Crippen LogP contribution in [0.25, 0.3) is 0 Å². The summed E-state index contributed by atoms with van der Waals surface area (Å²) in [7, 11) is 0. The molecule has 0 spiro atoms. The van der Waals surface area contributed by atoms with Gasteiger partial charge in [0.15, 0.2) is 0 Å². The van der Waals surface area contributed by atoms with Gasteiger partial charge >= 0.3 is 6.03 Å². The van der Waals surface area contributed by atoms with Gasteiger partial charge in [0.1, 0.15) is 0 Å². The summed E-state index contributed by atoms with van der Waals surface area (Å²) >= 11 is 1.75. The Balaban J connectivity index is 1.12. The second-order valence-corrected chi connectivity index (χ2v) is 8.82. The molecule has 1 N–H and O–H groups in total. The lowest BCUT2D eigenvalue weighted by Crippen LogP contribution is -2.64. The number of carbonyl (C=O) groups excluding carboxylic acids is 1. The Bertz CT molecular complexity index is 704. The van der Waals surface area contributed by atoms with Gasteiger partial charge in [-0.3, -0.25) is 4.90 Å². The zero-order valence-electron chi connectivity index (χ0n) is 15.8. The molecule has 27 heavy (non-hydrogen) atoms.